The smallest absolute Gasteiger partial charge is 0.243 e. The number of carbonyl (C=O) groups excluding carboxylic acids is 3. The zero-order valence-corrected chi connectivity index (χ0v) is 13.5. The third-order valence-corrected chi connectivity index (χ3v) is 3.34. The van der Waals surface area contributed by atoms with Gasteiger partial charge < -0.3 is 16.4 Å². The second-order valence-electron chi connectivity index (χ2n) is 5.42. The number of amides is 3. The van der Waals surface area contributed by atoms with Crippen LogP contribution in [0.5, 0.6) is 0 Å². The first kappa shape index (κ1) is 19.3. The van der Waals surface area contributed by atoms with Crippen LogP contribution in [0.2, 0.25) is 0 Å². The molecule has 1 aromatic carbocycles. The zero-order chi connectivity index (χ0) is 18.1. The highest BCUT2D eigenvalue weighted by atomic mass is 19.1. The summed E-state index contributed by atoms with van der Waals surface area (Å²) in [5, 5.41) is 5.02. The van der Waals surface area contributed by atoms with Gasteiger partial charge in [-0.1, -0.05) is 18.2 Å². The molecule has 0 unspecified atom stereocenters. The van der Waals surface area contributed by atoms with Gasteiger partial charge >= 0.3 is 0 Å². The van der Waals surface area contributed by atoms with Crippen molar-refractivity contribution in [3.05, 3.63) is 48.3 Å². The maximum absolute atomic E-state index is 13.3. The zero-order valence-electron chi connectivity index (χ0n) is 13.5. The third kappa shape index (κ3) is 6.60. The van der Waals surface area contributed by atoms with Crippen molar-refractivity contribution < 1.29 is 18.8 Å². The number of carbonyl (C=O) groups is 3. The van der Waals surface area contributed by atoms with Gasteiger partial charge in [0, 0.05) is 13.3 Å². The van der Waals surface area contributed by atoms with Crippen LogP contribution in [0, 0.1) is 5.82 Å². The number of rotatable bonds is 9. The summed E-state index contributed by atoms with van der Waals surface area (Å²) in [6, 6.07) is 3.94. The molecular weight excluding hydrogens is 313 g/mol. The van der Waals surface area contributed by atoms with E-state index in [1.165, 1.54) is 25.1 Å². The Balaban J connectivity index is 2.85. The van der Waals surface area contributed by atoms with Crippen molar-refractivity contribution in [3.63, 3.8) is 0 Å². The molecule has 0 heterocycles. The Morgan fingerprint density at radius 2 is 2.00 bits per heavy atom. The summed E-state index contributed by atoms with van der Waals surface area (Å²) in [5.74, 6) is -2.07. The number of nitrogens with one attached hydrogen (secondary N) is 2. The number of primary amides is 1. The first-order valence-electron chi connectivity index (χ1n) is 7.55. The third-order valence-electron chi connectivity index (χ3n) is 3.34. The van der Waals surface area contributed by atoms with Crippen LogP contribution in [0.25, 0.3) is 0 Å². The monoisotopic (exact) mass is 335 g/mol. The Kier molecular flexibility index (Phi) is 7.61. The number of benzene rings is 1. The van der Waals surface area contributed by atoms with E-state index in [4.69, 9.17) is 5.73 Å². The Labute approximate surface area is 140 Å². The quantitative estimate of drug-likeness (QED) is 0.582. The second-order valence-corrected chi connectivity index (χ2v) is 5.42. The van der Waals surface area contributed by atoms with E-state index in [1.54, 1.807) is 12.1 Å². The molecule has 2 atom stereocenters. The Morgan fingerprint density at radius 3 is 2.54 bits per heavy atom. The van der Waals surface area contributed by atoms with Crippen molar-refractivity contribution in [2.75, 3.05) is 0 Å². The number of halogens is 1. The van der Waals surface area contributed by atoms with Crippen molar-refractivity contribution >= 4 is 17.7 Å². The van der Waals surface area contributed by atoms with Gasteiger partial charge in [-0.15, -0.1) is 6.58 Å². The Bertz CT molecular complexity index is 619. The van der Waals surface area contributed by atoms with Crippen LogP contribution in [0.15, 0.2) is 36.9 Å². The molecule has 7 heteroatoms. The first-order valence-corrected chi connectivity index (χ1v) is 7.55. The van der Waals surface area contributed by atoms with Crippen LogP contribution in [-0.2, 0) is 20.8 Å². The summed E-state index contributed by atoms with van der Waals surface area (Å²) >= 11 is 0. The van der Waals surface area contributed by atoms with Gasteiger partial charge in [-0.3, -0.25) is 14.4 Å². The summed E-state index contributed by atoms with van der Waals surface area (Å²) in [6.45, 7) is 4.83. The summed E-state index contributed by atoms with van der Waals surface area (Å²) < 4.78 is 13.3. The van der Waals surface area contributed by atoms with E-state index in [1.807, 2.05) is 0 Å². The van der Waals surface area contributed by atoms with Gasteiger partial charge in [-0.25, -0.2) is 4.39 Å². The lowest BCUT2D eigenvalue weighted by molar-refractivity contribution is -0.130. The van der Waals surface area contributed by atoms with E-state index in [-0.39, 0.29) is 6.42 Å². The maximum Gasteiger partial charge on any atom is 0.243 e. The first-order chi connectivity index (χ1) is 11.3. The molecule has 3 amide bonds. The van der Waals surface area contributed by atoms with Crippen LogP contribution in [0.3, 0.4) is 0 Å². The summed E-state index contributed by atoms with van der Waals surface area (Å²) in [4.78, 5) is 35.2. The fourth-order valence-electron chi connectivity index (χ4n) is 2.20. The van der Waals surface area contributed by atoms with Crippen LogP contribution in [-0.4, -0.2) is 29.8 Å². The van der Waals surface area contributed by atoms with Gasteiger partial charge in [0.2, 0.25) is 17.7 Å². The van der Waals surface area contributed by atoms with E-state index in [0.717, 1.165) is 0 Å². The van der Waals surface area contributed by atoms with Crippen molar-refractivity contribution in [1.29, 1.82) is 0 Å². The SMILES string of the molecule is C=CCC[C@H](NC(=O)[C@H](Cc1cccc(F)c1)NC(C)=O)C(N)=O. The van der Waals surface area contributed by atoms with Crippen molar-refractivity contribution in [3.8, 4) is 0 Å². The summed E-state index contributed by atoms with van der Waals surface area (Å²) in [7, 11) is 0. The van der Waals surface area contributed by atoms with Gasteiger partial charge in [0.25, 0.3) is 0 Å². The average Bonchev–Trinajstić information content (AvgIpc) is 2.49. The molecule has 0 aliphatic rings. The molecule has 24 heavy (non-hydrogen) atoms. The molecule has 0 aliphatic carbocycles. The average molecular weight is 335 g/mol. The number of allylic oxidation sites excluding steroid dienone is 1. The molecule has 0 fully saturated rings. The molecule has 1 rings (SSSR count). The van der Waals surface area contributed by atoms with E-state index < -0.39 is 35.6 Å². The van der Waals surface area contributed by atoms with Crippen molar-refractivity contribution in [1.82, 2.24) is 10.6 Å². The minimum atomic E-state index is -0.935. The molecular formula is C17H22FN3O3. The molecule has 0 radical (unpaired) electrons. The Morgan fingerprint density at radius 1 is 1.29 bits per heavy atom. The van der Waals surface area contributed by atoms with Gasteiger partial charge in [0.05, 0.1) is 0 Å². The number of hydrogen-bond acceptors (Lipinski definition) is 3. The van der Waals surface area contributed by atoms with Crippen LogP contribution in [0.4, 0.5) is 4.39 Å². The molecule has 0 aromatic heterocycles. The highest BCUT2D eigenvalue weighted by molar-refractivity contribution is 5.91. The molecule has 130 valence electrons. The molecule has 0 saturated carbocycles. The topological polar surface area (TPSA) is 101 Å². The van der Waals surface area contributed by atoms with Crippen LogP contribution < -0.4 is 16.4 Å². The highest BCUT2D eigenvalue weighted by Gasteiger charge is 2.24. The summed E-state index contributed by atoms with van der Waals surface area (Å²) in [6.07, 6.45) is 2.52. The molecule has 0 aliphatic heterocycles. The maximum atomic E-state index is 13.3. The van der Waals surface area contributed by atoms with Gasteiger partial charge in [-0.2, -0.15) is 0 Å². The predicted molar refractivity (Wildman–Crippen MR) is 88.3 cm³/mol. The second kappa shape index (κ2) is 9.44. The molecule has 0 saturated heterocycles. The van der Waals surface area contributed by atoms with Gasteiger partial charge in [0.1, 0.15) is 17.9 Å². The standard InChI is InChI=1S/C17H22FN3O3/c1-3-4-8-14(16(19)23)21-17(24)15(20-11(2)22)10-12-6-5-7-13(18)9-12/h3,5-7,9,14-15H,1,4,8,10H2,2H3,(H2,19,23)(H,20,22)(H,21,24)/t14-,15-/m0/s1. The highest BCUT2D eigenvalue weighted by Crippen LogP contribution is 2.08. The van der Waals surface area contributed by atoms with Gasteiger partial charge in [0.15, 0.2) is 0 Å². The molecule has 0 spiro atoms. The number of nitrogens with two attached hydrogens (primary N) is 1. The minimum Gasteiger partial charge on any atom is -0.368 e. The van der Waals surface area contributed by atoms with E-state index >= 15 is 0 Å². The molecule has 0 bridgehead atoms. The fraction of sp³-hybridized carbons (Fsp3) is 0.353. The van der Waals surface area contributed by atoms with Crippen molar-refractivity contribution in [2.24, 2.45) is 5.73 Å². The normalized spacial score (nSPS) is 12.8. The van der Waals surface area contributed by atoms with Crippen LogP contribution >= 0.6 is 0 Å². The van der Waals surface area contributed by atoms with Crippen molar-refractivity contribution in [2.45, 2.75) is 38.3 Å². The lowest BCUT2D eigenvalue weighted by Crippen LogP contribution is -2.53. The Hall–Kier alpha value is -2.70. The largest absolute Gasteiger partial charge is 0.368 e. The van der Waals surface area contributed by atoms with E-state index in [0.29, 0.717) is 18.4 Å². The van der Waals surface area contributed by atoms with Gasteiger partial charge in [-0.05, 0) is 30.5 Å². The van der Waals surface area contributed by atoms with Crippen LogP contribution in [0.1, 0.15) is 25.3 Å². The summed E-state index contributed by atoms with van der Waals surface area (Å²) in [5.41, 5.74) is 5.82. The van der Waals surface area contributed by atoms with E-state index in [9.17, 15) is 18.8 Å². The molecule has 1 aromatic rings. The van der Waals surface area contributed by atoms with E-state index in [2.05, 4.69) is 17.2 Å². The number of hydrogen-bond donors (Lipinski definition) is 3. The molecule has 6 nitrogen and oxygen atoms in total. The lowest BCUT2D eigenvalue weighted by atomic mass is 10.0. The predicted octanol–water partition coefficient (Wildman–Crippen LogP) is 0.809. The minimum absolute atomic E-state index is 0.0934. The lowest BCUT2D eigenvalue weighted by Gasteiger charge is -2.21. The fourth-order valence-corrected chi connectivity index (χ4v) is 2.20. The molecule has 4 N–H and O–H groups in total.